The molecular formula is C26H23F2NO5. The summed E-state index contributed by atoms with van der Waals surface area (Å²) in [7, 11) is 1.54. The second kappa shape index (κ2) is 8.78. The van der Waals surface area contributed by atoms with Crippen LogP contribution in [0.25, 0.3) is 5.76 Å². The van der Waals surface area contributed by atoms with Crippen LogP contribution in [0.1, 0.15) is 48.5 Å². The van der Waals surface area contributed by atoms with E-state index in [0.717, 1.165) is 22.6 Å². The predicted molar refractivity (Wildman–Crippen MR) is 122 cm³/mol. The minimum Gasteiger partial charge on any atom is -0.507 e. The van der Waals surface area contributed by atoms with Crippen LogP contribution in [0.15, 0.2) is 58.5 Å². The van der Waals surface area contributed by atoms with Crippen LogP contribution in [-0.2, 0) is 9.59 Å². The molecule has 4 rings (SSSR count). The molecule has 0 radical (unpaired) electrons. The van der Waals surface area contributed by atoms with Crippen molar-refractivity contribution in [3.8, 4) is 5.75 Å². The van der Waals surface area contributed by atoms with Gasteiger partial charge in [-0.2, -0.15) is 0 Å². The second-order valence-electron chi connectivity index (χ2n) is 8.33. The Labute approximate surface area is 195 Å². The number of ketones is 1. The lowest BCUT2D eigenvalue weighted by molar-refractivity contribution is -0.132. The number of carbonyl (C=O) groups is 2. The van der Waals surface area contributed by atoms with Crippen LogP contribution in [0.2, 0.25) is 0 Å². The first-order chi connectivity index (χ1) is 16.1. The Balaban J connectivity index is 1.94. The fraction of sp³-hybridized carbons (Fsp3) is 0.231. The highest BCUT2D eigenvalue weighted by Crippen LogP contribution is 2.43. The van der Waals surface area contributed by atoms with E-state index >= 15 is 0 Å². The number of hydrogen-bond acceptors (Lipinski definition) is 5. The smallest absolute Gasteiger partial charge is 0.300 e. The molecule has 1 atom stereocenters. The molecule has 2 heterocycles. The van der Waals surface area contributed by atoms with Crippen molar-refractivity contribution in [2.75, 3.05) is 12.0 Å². The number of carbonyl (C=O) groups excluding carboxylic acids is 2. The number of benzene rings is 2. The van der Waals surface area contributed by atoms with Gasteiger partial charge in [0.15, 0.2) is 11.6 Å². The molecule has 0 saturated carbocycles. The van der Waals surface area contributed by atoms with Gasteiger partial charge in [-0.3, -0.25) is 14.5 Å². The van der Waals surface area contributed by atoms with Crippen molar-refractivity contribution < 1.29 is 32.6 Å². The van der Waals surface area contributed by atoms with Crippen molar-refractivity contribution in [3.05, 3.63) is 88.4 Å². The first-order valence-electron chi connectivity index (χ1n) is 10.6. The van der Waals surface area contributed by atoms with Gasteiger partial charge < -0.3 is 14.3 Å². The Bertz CT molecular complexity index is 1320. The number of anilines is 1. The molecule has 6 nitrogen and oxygen atoms in total. The van der Waals surface area contributed by atoms with Crippen molar-refractivity contribution in [3.63, 3.8) is 0 Å². The number of aliphatic hydroxyl groups is 1. The zero-order chi connectivity index (χ0) is 24.7. The Morgan fingerprint density at radius 2 is 1.79 bits per heavy atom. The minimum absolute atomic E-state index is 0.0447. The molecule has 3 aromatic rings. The third-order valence-corrected chi connectivity index (χ3v) is 5.78. The quantitative estimate of drug-likeness (QED) is 0.299. The average molecular weight is 467 g/mol. The van der Waals surface area contributed by atoms with Gasteiger partial charge in [0.25, 0.3) is 11.7 Å². The van der Waals surface area contributed by atoms with Gasteiger partial charge in [-0.15, -0.1) is 0 Å². The van der Waals surface area contributed by atoms with Crippen LogP contribution < -0.4 is 9.64 Å². The Morgan fingerprint density at radius 3 is 2.38 bits per heavy atom. The molecule has 1 aliphatic rings. The molecular weight excluding hydrogens is 444 g/mol. The van der Waals surface area contributed by atoms with E-state index in [4.69, 9.17) is 9.15 Å². The largest absolute Gasteiger partial charge is 0.507 e. The van der Waals surface area contributed by atoms with Gasteiger partial charge in [-0.05, 0) is 60.9 Å². The standard InChI is InChI=1S/C26H23F2NO5/c1-13(2)17-11-15(6-10-20(17)33-4)24(30)22-23(21-9-5-14(3)34-21)29(26(32)25(22)31)16-7-8-18(27)19(28)12-16/h5-13,23,30H,1-4H3/b24-22-. The van der Waals surface area contributed by atoms with Crippen LogP contribution in [0.5, 0.6) is 5.75 Å². The number of aryl methyl sites for hydroxylation is 1. The maximum atomic E-state index is 14.0. The third kappa shape index (κ3) is 3.85. The van der Waals surface area contributed by atoms with Crippen molar-refractivity contribution >= 4 is 23.1 Å². The van der Waals surface area contributed by atoms with E-state index in [1.54, 1.807) is 37.3 Å². The molecule has 1 amide bonds. The van der Waals surface area contributed by atoms with Crippen molar-refractivity contribution in [2.24, 2.45) is 0 Å². The van der Waals surface area contributed by atoms with Crippen molar-refractivity contribution in [1.82, 2.24) is 0 Å². The number of amides is 1. The van der Waals surface area contributed by atoms with Gasteiger partial charge in [0.05, 0.1) is 12.7 Å². The number of methoxy groups -OCH3 is 1. The number of halogens is 2. The Hall–Kier alpha value is -3.94. The summed E-state index contributed by atoms with van der Waals surface area (Å²) in [6.07, 6.45) is 0. The first kappa shape index (κ1) is 23.2. The topological polar surface area (TPSA) is 80.0 Å². The molecule has 1 aliphatic heterocycles. The van der Waals surface area contributed by atoms with E-state index in [1.807, 2.05) is 13.8 Å². The van der Waals surface area contributed by atoms with Crippen LogP contribution >= 0.6 is 0 Å². The second-order valence-corrected chi connectivity index (χ2v) is 8.33. The molecule has 1 saturated heterocycles. The van der Waals surface area contributed by atoms with E-state index in [2.05, 4.69) is 0 Å². The summed E-state index contributed by atoms with van der Waals surface area (Å²) in [6.45, 7) is 5.59. The molecule has 1 fully saturated rings. The van der Waals surface area contributed by atoms with Gasteiger partial charge in [0.1, 0.15) is 29.1 Å². The first-order valence-corrected chi connectivity index (χ1v) is 10.6. The molecule has 1 aromatic heterocycles. The number of furan rings is 1. The monoisotopic (exact) mass is 467 g/mol. The maximum Gasteiger partial charge on any atom is 0.300 e. The molecule has 34 heavy (non-hydrogen) atoms. The van der Waals surface area contributed by atoms with Gasteiger partial charge in [0, 0.05) is 17.3 Å². The number of aliphatic hydroxyl groups excluding tert-OH is 1. The Morgan fingerprint density at radius 1 is 1.06 bits per heavy atom. The summed E-state index contributed by atoms with van der Waals surface area (Å²) in [6, 6.07) is 9.86. The number of hydrogen-bond donors (Lipinski definition) is 1. The van der Waals surface area contributed by atoms with Crippen molar-refractivity contribution in [2.45, 2.75) is 32.7 Å². The van der Waals surface area contributed by atoms with E-state index in [-0.39, 0.29) is 22.9 Å². The van der Waals surface area contributed by atoms with E-state index in [9.17, 15) is 23.5 Å². The summed E-state index contributed by atoms with van der Waals surface area (Å²) in [5.74, 6) is -3.27. The summed E-state index contributed by atoms with van der Waals surface area (Å²) >= 11 is 0. The number of rotatable bonds is 5. The molecule has 0 bridgehead atoms. The molecule has 0 spiro atoms. The Kier molecular flexibility index (Phi) is 6.00. The molecule has 1 N–H and O–H groups in total. The summed E-state index contributed by atoms with van der Waals surface area (Å²) < 4.78 is 38.6. The molecule has 1 unspecified atom stereocenters. The maximum absolute atomic E-state index is 14.0. The van der Waals surface area contributed by atoms with Gasteiger partial charge in [-0.1, -0.05) is 13.8 Å². The normalized spacial score (nSPS) is 17.6. The van der Waals surface area contributed by atoms with E-state index in [0.29, 0.717) is 17.1 Å². The van der Waals surface area contributed by atoms with Crippen molar-refractivity contribution in [1.29, 1.82) is 0 Å². The fourth-order valence-corrected chi connectivity index (χ4v) is 4.09. The highest BCUT2D eigenvalue weighted by Gasteiger charge is 2.48. The zero-order valence-electron chi connectivity index (χ0n) is 19.1. The van der Waals surface area contributed by atoms with Crippen LogP contribution in [0.4, 0.5) is 14.5 Å². The summed E-state index contributed by atoms with van der Waals surface area (Å²) in [5.41, 5.74) is 0.841. The highest BCUT2D eigenvalue weighted by atomic mass is 19.2. The van der Waals surface area contributed by atoms with Crippen LogP contribution in [-0.4, -0.2) is 23.9 Å². The third-order valence-electron chi connectivity index (χ3n) is 5.78. The summed E-state index contributed by atoms with van der Waals surface area (Å²) in [4.78, 5) is 27.2. The lowest BCUT2D eigenvalue weighted by atomic mass is 9.95. The fourth-order valence-electron chi connectivity index (χ4n) is 4.09. The average Bonchev–Trinajstić information content (AvgIpc) is 3.35. The highest BCUT2D eigenvalue weighted by molar-refractivity contribution is 6.51. The molecule has 176 valence electrons. The summed E-state index contributed by atoms with van der Waals surface area (Å²) in [5, 5.41) is 11.2. The predicted octanol–water partition coefficient (Wildman–Crippen LogP) is 5.62. The van der Waals surface area contributed by atoms with Gasteiger partial charge >= 0.3 is 0 Å². The lowest BCUT2D eigenvalue weighted by Crippen LogP contribution is -2.29. The SMILES string of the molecule is COc1ccc(/C(O)=C2/C(=O)C(=O)N(c3ccc(F)c(F)c3)C2c2ccc(C)o2)cc1C(C)C. The molecule has 2 aromatic carbocycles. The lowest BCUT2D eigenvalue weighted by Gasteiger charge is -2.23. The van der Waals surface area contributed by atoms with E-state index in [1.165, 1.54) is 13.2 Å². The van der Waals surface area contributed by atoms with E-state index < -0.39 is 35.1 Å². The van der Waals surface area contributed by atoms with Gasteiger partial charge in [-0.25, -0.2) is 8.78 Å². The molecule has 8 heteroatoms. The van der Waals surface area contributed by atoms with Crippen LogP contribution in [0, 0.1) is 18.6 Å². The number of ether oxygens (including phenoxy) is 1. The number of nitrogens with zero attached hydrogens (tertiary/aromatic N) is 1. The van der Waals surface area contributed by atoms with Crippen LogP contribution in [0.3, 0.4) is 0 Å². The van der Waals surface area contributed by atoms with Gasteiger partial charge in [0.2, 0.25) is 0 Å². The zero-order valence-corrected chi connectivity index (χ0v) is 19.1. The molecule has 0 aliphatic carbocycles. The minimum atomic E-state index is -1.18. The number of Topliss-reactive ketones (excluding diaryl/α,β-unsaturated/α-hetero) is 1.